The summed E-state index contributed by atoms with van der Waals surface area (Å²) >= 11 is 0. The molecule has 1 heterocycles. The fourth-order valence-corrected chi connectivity index (χ4v) is 2.33. The first kappa shape index (κ1) is 15.9. The molecule has 3 N–H and O–H groups in total. The molecule has 0 saturated carbocycles. The van der Waals surface area contributed by atoms with Gasteiger partial charge in [-0.3, -0.25) is 5.21 Å². The van der Waals surface area contributed by atoms with Crippen molar-refractivity contribution < 1.29 is 14.4 Å². The van der Waals surface area contributed by atoms with E-state index in [-0.39, 0.29) is 29.6 Å². The number of para-hydroxylation sites is 1. The third-order valence-electron chi connectivity index (χ3n) is 3.48. The van der Waals surface area contributed by atoms with Gasteiger partial charge in [-0.05, 0) is 24.6 Å². The van der Waals surface area contributed by atoms with Gasteiger partial charge >= 0.3 is 35.6 Å². The number of nitrogens with two attached hydrogens (primary N) is 1. The van der Waals surface area contributed by atoms with Crippen molar-refractivity contribution in [2.24, 2.45) is 5.73 Å². The van der Waals surface area contributed by atoms with E-state index in [0.29, 0.717) is 10.6 Å². The number of carbonyl (C=O) groups is 1. The summed E-state index contributed by atoms with van der Waals surface area (Å²) in [5.74, 6) is 0. The topological polar surface area (TPSA) is 79.7 Å². The van der Waals surface area contributed by atoms with E-state index in [1.807, 2.05) is 42.5 Å². The van der Waals surface area contributed by atoms with Crippen LogP contribution in [-0.4, -0.2) is 45.9 Å². The van der Waals surface area contributed by atoms with E-state index in [9.17, 15) is 10.0 Å². The van der Waals surface area contributed by atoms with Crippen LogP contribution in [0.4, 0.5) is 4.79 Å². The van der Waals surface area contributed by atoms with Crippen LogP contribution in [0.1, 0.15) is 18.5 Å². The number of primary amides is 1. The molecule has 2 aromatic carbocycles. The molecular formula is C15H15N2NaO3. The van der Waals surface area contributed by atoms with Gasteiger partial charge in [0.25, 0.3) is 0 Å². The van der Waals surface area contributed by atoms with Crippen molar-refractivity contribution >= 4 is 57.5 Å². The fraction of sp³-hybridized carbons (Fsp3) is 0.133. The summed E-state index contributed by atoms with van der Waals surface area (Å²) in [6, 6.07) is 11.9. The molecule has 0 fully saturated rings. The van der Waals surface area contributed by atoms with Crippen LogP contribution in [0.15, 0.2) is 46.9 Å². The second-order valence-electron chi connectivity index (χ2n) is 4.71. The van der Waals surface area contributed by atoms with Crippen LogP contribution < -0.4 is 5.73 Å². The van der Waals surface area contributed by atoms with Gasteiger partial charge in [0, 0.05) is 10.8 Å². The maximum atomic E-state index is 11.0. The number of fused-ring (bicyclic) bond motifs is 3. The van der Waals surface area contributed by atoms with Crippen molar-refractivity contribution in [1.82, 2.24) is 5.06 Å². The average Bonchev–Trinajstić information content (AvgIpc) is 2.83. The predicted octanol–water partition coefficient (Wildman–Crippen LogP) is 2.77. The van der Waals surface area contributed by atoms with Crippen LogP contribution in [0.2, 0.25) is 0 Å². The molecule has 5 nitrogen and oxygen atoms in total. The number of benzene rings is 2. The van der Waals surface area contributed by atoms with Gasteiger partial charge in [0.15, 0.2) is 0 Å². The summed E-state index contributed by atoms with van der Waals surface area (Å²) in [5, 5.41) is 12.1. The molecule has 1 aromatic heterocycles. The summed E-state index contributed by atoms with van der Waals surface area (Å²) < 4.78 is 5.77. The quantitative estimate of drug-likeness (QED) is 0.433. The second kappa shape index (κ2) is 6.07. The minimum absolute atomic E-state index is 0. The Morgan fingerprint density at radius 2 is 1.86 bits per heavy atom. The van der Waals surface area contributed by atoms with Crippen LogP contribution in [0.5, 0.6) is 0 Å². The third-order valence-corrected chi connectivity index (χ3v) is 3.48. The summed E-state index contributed by atoms with van der Waals surface area (Å²) in [6.07, 6.45) is 0. The molecule has 2 amide bonds. The molecule has 3 aromatic rings. The SMILES string of the molecule is CC(c1ccc2c(c1)oc1ccccc12)N(O)C(N)=O.[NaH]. The molecule has 0 bridgehead atoms. The number of hydrogen-bond acceptors (Lipinski definition) is 3. The van der Waals surface area contributed by atoms with Crippen molar-refractivity contribution in [1.29, 1.82) is 0 Å². The molecule has 0 radical (unpaired) electrons. The molecule has 6 heteroatoms. The van der Waals surface area contributed by atoms with Crippen molar-refractivity contribution in [2.45, 2.75) is 13.0 Å². The van der Waals surface area contributed by atoms with E-state index in [1.165, 1.54) is 0 Å². The number of rotatable bonds is 2. The van der Waals surface area contributed by atoms with Gasteiger partial charge in [0.05, 0.1) is 6.04 Å². The first-order chi connectivity index (χ1) is 9.58. The van der Waals surface area contributed by atoms with Gasteiger partial charge in [0.2, 0.25) is 0 Å². The minimum atomic E-state index is -0.887. The van der Waals surface area contributed by atoms with Crippen LogP contribution in [0.25, 0.3) is 21.9 Å². The normalized spacial score (nSPS) is 12.1. The number of hydroxylamine groups is 2. The monoisotopic (exact) mass is 294 g/mol. The van der Waals surface area contributed by atoms with E-state index in [2.05, 4.69) is 0 Å². The van der Waals surface area contributed by atoms with Crippen molar-refractivity contribution in [3.8, 4) is 0 Å². The number of amides is 2. The zero-order chi connectivity index (χ0) is 14.3. The van der Waals surface area contributed by atoms with Gasteiger partial charge in [-0.1, -0.05) is 30.3 Å². The van der Waals surface area contributed by atoms with Gasteiger partial charge in [-0.25, -0.2) is 4.79 Å². The molecule has 0 aliphatic heterocycles. The Morgan fingerprint density at radius 3 is 2.57 bits per heavy atom. The molecule has 0 aliphatic rings. The van der Waals surface area contributed by atoms with Crippen molar-refractivity contribution in [3.63, 3.8) is 0 Å². The van der Waals surface area contributed by atoms with Crippen molar-refractivity contribution in [3.05, 3.63) is 48.0 Å². The van der Waals surface area contributed by atoms with E-state index >= 15 is 0 Å². The third kappa shape index (κ3) is 2.78. The Bertz CT molecular complexity index is 800. The zero-order valence-corrected chi connectivity index (χ0v) is 10.9. The number of urea groups is 1. The standard InChI is InChI=1S/C15H14N2O3.Na.H/c1-9(17(19)15(16)18)10-6-7-12-11-4-2-3-5-13(11)20-14(12)8-10;;/h2-9,19H,1H3,(H2,16,18);;. The Labute approximate surface area is 143 Å². The van der Waals surface area contributed by atoms with E-state index in [4.69, 9.17) is 10.2 Å². The van der Waals surface area contributed by atoms with Crippen molar-refractivity contribution in [2.75, 3.05) is 0 Å². The van der Waals surface area contributed by atoms with Crippen LogP contribution >= 0.6 is 0 Å². The molecule has 1 unspecified atom stereocenters. The Morgan fingerprint density at radius 1 is 1.19 bits per heavy atom. The summed E-state index contributed by atoms with van der Waals surface area (Å²) in [4.78, 5) is 11.0. The van der Waals surface area contributed by atoms with Gasteiger partial charge in [0.1, 0.15) is 11.2 Å². The average molecular weight is 294 g/mol. The van der Waals surface area contributed by atoms with E-state index < -0.39 is 12.1 Å². The second-order valence-corrected chi connectivity index (χ2v) is 4.71. The molecule has 3 rings (SSSR count). The summed E-state index contributed by atoms with van der Waals surface area (Å²) in [7, 11) is 0. The van der Waals surface area contributed by atoms with Crippen LogP contribution in [-0.2, 0) is 0 Å². The Kier molecular flexibility index (Phi) is 4.58. The van der Waals surface area contributed by atoms with Crippen LogP contribution in [0.3, 0.4) is 0 Å². The summed E-state index contributed by atoms with van der Waals surface area (Å²) in [5.41, 5.74) is 7.33. The maximum absolute atomic E-state index is 11.0. The number of hydrogen-bond donors (Lipinski definition) is 2. The first-order valence-electron chi connectivity index (χ1n) is 6.26. The molecule has 1 atom stereocenters. The summed E-state index contributed by atoms with van der Waals surface area (Å²) in [6.45, 7) is 1.69. The Hall–Kier alpha value is -1.53. The molecule has 0 aliphatic carbocycles. The van der Waals surface area contributed by atoms with Gasteiger partial charge in [-0.2, -0.15) is 5.06 Å². The van der Waals surface area contributed by atoms with Gasteiger partial charge < -0.3 is 10.2 Å². The molecule has 21 heavy (non-hydrogen) atoms. The molecule has 0 spiro atoms. The zero-order valence-electron chi connectivity index (χ0n) is 10.9. The fourth-order valence-electron chi connectivity index (χ4n) is 2.33. The van der Waals surface area contributed by atoms with E-state index in [0.717, 1.165) is 21.9 Å². The molecule has 0 saturated heterocycles. The van der Waals surface area contributed by atoms with Crippen LogP contribution in [0, 0.1) is 0 Å². The number of furan rings is 1. The predicted molar refractivity (Wildman–Crippen MR) is 82.5 cm³/mol. The van der Waals surface area contributed by atoms with Gasteiger partial charge in [-0.15, -0.1) is 0 Å². The molecule has 104 valence electrons. The first-order valence-corrected chi connectivity index (χ1v) is 6.26. The number of nitrogens with zero attached hydrogens (tertiary/aromatic N) is 1. The molecular weight excluding hydrogens is 279 g/mol. The Balaban J connectivity index is 0.00000161. The number of carbonyl (C=O) groups excluding carboxylic acids is 1. The van der Waals surface area contributed by atoms with E-state index in [1.54, 1.807) is 6.92 Å².